The monoisotopic (exact) mass is 537 g/mol. The number of aromatic nitrogens is 4. The van der Waals surface area contributed by atoms with E-state index < -0.39 is 0 Å². The second kappa shape index (κ2) is 11.6. The molecule has 2 aliphatic heterocycles. The van der Waals surface area contributed by atoms with Crippen LogP contribution in [-0.4, -0.2) is 67.5 Å². The van der Waals surface area contributed by atoms with E-state index in [2.05, 4.69) is 31.3 Å². The topological polar surface area (TPSA) is 96.2 Å². The molecule has 206 valence electrons. The molecule has 3 aromatic heterocycles. The van der Waals surface area contributed by atoms with Crippen LogP contribution in [0.1, 0.15) is 48.2 Å². The van der Waals surface area contributed by atoms with Crippen LogP contribution in [0.4, 0.5) is 5.82 Å². The Morgan fingerprint density at radius 1 is 0.925 bits per heavy atom. The van der Waals surface area contributed by atoms with Crippen molar-refractivity contribution >= 4 is 28.5 Å². The third-order valence-corrected chi connectivity index (χ3v) is 8.19. The quantitative estimate of drug-likeness (QED) is 0.389. The van der Waals surface area contributed by atoms with Gasteiger partial charge in [0.2, 0.25) is 5.91 Å². The van der Waals surface area contributed by atoms with Crippen molar-refractivity contribution in [3.8, 4) is 11.1 Å². The summed E-state index contributed by atoms with van der Waals surface area (Å²) in [5.74, 6) is 0.319. The number of likely N-dealkylation sites (tertiary alicyclic amines) is 2. The lowest BCUT2D eigenvalue weighted by Crippen LogP contribution is -2.41. The second-order valence-electron chi connectivity index (χ2n) is 10.9. The maximum absolute atomic E-state index is 13.1. The first-order chi connectivity index (χ1) is 19.5. The molecule has 2 amide bonds. The normalized spacial score (nSPS) is 16.8. The highest BCUT2D eigenvalue weighted by Crippen LogP contribution is 2.28. The molecule has 1 N–H and O–H groups in total. The number of carbonyl (C=O) groups excluding carboxylic acids is 2. The maximum Gasteiger partial charge on any atom is 0.253 e. The van der Waals surface area contributed by atoms with Gasteiger partial charge < -0.3 is 10.2 Å². The van der Waals surface area contributed by atoms with Gasteiger partial charge >= 0.3 is 0 Å². The van der Waals surface area contributed by atoms with Gasteiger partial charge in [-0.05, 0) is 63.0 Å². The van der Waals surface area contributed by atoms with E-state index >= 15 is 0 Å². The van der Waals surface area contributed by atoms with Gasteiger partial charge in [-0.15, -0.1) is 0 Å². The van der Waals surface area contributed by atoms with E-state index in [1.54, 1.807) is 6.20 Å². The average molecular weight is 538 g/mol. The minimum atomic E-state index is -0.158. The molecule has 0 unspecified atom stereocenters. The van der Waals surface area contributed by atoms with Gasteiger partial charge in [0.25, 0.3) is 5.91 Å². The fraction of sp³-hybridized carbons (Fsp3) is 0.387. The van der Waals surface area contributed by atoms with Crippen molar-refractivity contribution in [1.29, 1.82) is 0 Å². The van der Waals surface area contributed by atoms with E-state index in [0.717, 1.165) is 41.7 Å². The standard InChI is InChI=1S/C31H35N7O2/c1-36-28(21-37-12-6-3-7-13-37)26(19-34-36)25-16-24-17-29(33-20-27(24)32-18-25)35-30(39)22-10-14-38(15-11-22)31(40)23-8-4-2-5-9-23/h2,4-5,8-9,16-20,22H,3,6-7,10-15,21H2,1H3,(H,33,35,39). The van der Waals surface area contributed by atoms with Crippen LogP contribution in [0.3, 0.4) is 0 Å². The zero-order valence-electron chi connectivity index (χ0n) is 22.9. The molecule has 40 heavy (non-hydrogen) atoms. The molecule has 9 heteroatoms. The van der Waals surface area contributed by atoms with Crippen molar-refractivity contribution in [3.05, 3.63) is 72.3 Å². The van der Waals surface area contributed by atoms with Crippen molar-refractivity contribution in [2.45, 2.75) is 38.6 Å². The van der Waals surface area contributed by atoms with Gasteiger partial charge in [0.1, 0.15) is 5.82 Å². The van der Waals surface area contributed by atoms with Crippen molar-refractivity contribution in [1.82, 2.24) is 29.5 Å². The molecule has 2 fully saturated rings. The fourth-order valence-corrected chi connectivity index (χ4v) is 5.80. The molecular formula is C31H35N7O2. The lowest BCUT2D eigenvalue weighted by atomic mass is 9.95. The number of benzene rings is 1. The molecule has 0 aliphatic carbocycles. The van der Waals surface area contributed by atoms with Gasteiger partial charge in [-0.1, -0.05) is 24.6 Å². The number of nitrogens with zero attached hydrogens (tertiary/aromatic N) is 6. The Morgan fingerprint density at radius 2 is 1.70 bits per heavy atom. The molecule has 0 atom stereocenters. The van der Waals surface area contributed by atoms with Crippen LogP contribution in [0.25, 0.3) is 22.0 Å². The molecular weight excluding hydrogens is 502 g/mol. The van der Waals surface area contributed by atoms with Crippen LogP contribution < -0.4 is 5.32 Å². The molecule has 1 aromatic carbocycles. The van der Waals surface area contributed by atoms with Crippen molar-refractivity contribution in [3.63, 3.8) is 0 Å². The summed E-state index contributed by atoms with van der Waals surface area (Å²) in [6.45, 7) is 4.25. The van der Waals surface area contributed by atoms with Gasteiger partial charge in [0.15, 0.2) is 0 Å². The fourth-order valence-electron chi connectivity index (χ4n) is 5.80. The van der Waals surface area contributed by atoms with Crippen LogP contribution in [0.15, 0.2) is 61.1 Å². The summed E-state index contributed by atoms with van der Waals surface area (Å²) < 4.78 is 1.96. The smallest absolute Gasteiger partial charge is 0.253 e. The Bertz CT molecular complexity index is 1500. The minimum Gasteiger partial charge on any atom is -0.339 e. The number of aryl methyl sites for hydroxylation is 1. The van der Waals surface area contributed by atoms with Crippen LogP contribution in [0.2, 0.25) is 0 Å². The molecule has 0 radical (unpaired) electrons. The summed E-state index contributed by atoms with van der Waals surface area (Å²) in [7, 11) is 2.00. The van der Waals surface area contributed by atoms with Gasteiger partial charge in [0.05, 0.1) is 23.6 Å². The van der Waals surface area contributed by atoms with E-state index in [9.17, 15) is 9.59 Å². The third-order valence-electron chi connectivity index (χ3n) is 8.19. The van der Waals surface area contributed by atoms with Crippen molar-refractivity contribution in [2.75, 3.05) is 31.5 Å². The molecule has 6 rings (SSSR count). The number of pyridine rings is 2. The number of piperidine rings is 2. The molecule has 0 bridgehead atoms. The zero-order chi connectivity index (χ0) is 27.5. The Hall–Kier alpha value is -4.11. The van der Waals surface area contributed by atoms with E-state index in [4.69, 9.17) is 0 Å². The summed E-state index contributed by atoms with van der Waals surface area (Å²) in [6, 6.07) is 13.3. The molecule has 9 nitrogen and oxygen atoms in total. The molecule has 5 heterocycles. The van der Waals surface area contributed by atoms with Crippen LogP contribution in [0, 0.1) is 5.92 Å². The number of fused-ring (bicyclic) bond motifs is 1. The highest BCUT2D eigenvalue weighted by atomic mass is 16.2. The zero-order valence-corrected chi connectivity index (χ0v) is 22.9. The first-order valence-corrected chi connectivity index (χ1v) is 14.2. The van der Waals surface area contributed by atoms with Gasteiger partial charge in [-0.2, -0.15) is 5.10 Å². The number of anilines is 1. The lowest BCUT2D eigenvalue weighted by Gasteiger charge is -2.31. The Morgan fingerprint density at radius 3 is 2.48 bits per heavy atom. The largest absolute Gasteiger partial charge is 0.339 e. The number of hydrogen-bond donors (Lipinski definition) is 1. The molecule has 0 saturated carbocycles. The maximum atomic E-state index is 13.1. The van der Waals surface area contributed by atoms with Crippen LogP contribution in [0.5, 0.6) is 0 Å². The van der Waals surface area contributed by atoms with Crippen LogP contribution in [-0.2, 0) is 18.4 Å². The van der Waals surface area contributed by atoms with E-state index in [1.807, 2.05) is 65.4 Å². The van der Waals surface area contributed by atoms with E-state index in [0.29, 0.717) is 37.3 Å². The highest BCUT2D eigenvalue weighted by molar-refractivity contribution is 5.96. The SMILES string of the molecule is Cn1ncc(-c2cnc3cnc(NC(=O)C4CCN(C(=O)c5ccccc5)CC4)cc3c2)c1CN1CCCCC1. The summed E-state index contributed by atoms with van der Waals surface area (Å²) in [6.07, 6.45) is 10.6. The summed E-state index contributed by atoms with van der Waals surface area (Å²) in [5, 5.41) is 8.47. The first kappa shape index (κ1) is 26.1. The Balaban J connectivity index is 1.13. The van der Waals surface area contributed by atoms with E-state index in [-0.39, 0.29) is 17.7 Å². The summed E-state index contributed by atoms with van der Waals surface area (Å²) in [4.78, 5) is 39.3. The Labute approximate surface area is 234 Å². The molecule has 2 saturated heterocycles. The number of rotatable bonds is 6. The number of hydrogen-bond acceptors (Lipinski definition) is 6. The van der Waals surface area contributed by atoms with Gasteiger partial charge in [-0.3, -0.25) is 24.2 Å². The number of carbonyl (C=O) groups is 2. The predicted octanol–water partition coefficient (Wildman–Crippen LogP) is 4.51. The Kier molecular flexibility index (Phi) is 7.55. The van der Waals surface area contributed by atoms with Crippen LogP contribution >= 0.6 is 0 Å². The predicted molar refractivity (Wildman–Crippen MR) is 155 cm³/mol. The summed E-state index contributed by atoms with van der Waals surface area (Å²) >= 11 is 0. The second-order valence-corrected chi connectivity index (χ2v) is 10.9. The van der Waals surface area contributed by atoms with E-state index in [1.165, 1.54) is 25.0 Å². The number of nitrogens with one attached hydrogen (secondary N) is 1. The van der Waals surface area contributed by atoms with Crippen molar-refractivity contribution in [2.24, 2.45) is 13.0 Å². The first-order valence-electron chi connectivity index (χ1n) is 14.2. The molecule has 4 aromatic rings. The molecule has 0 spiro atoms. The average Bonchev–Trinajstić information content (AvgIpc) is 3.37. The van der Waals surface area contributed by atoms with Crippen molar-refractivity contribution < 1.29 is 9.59 Å². The highest BCUT2D eigenvalue weighted by Gasteiger charge is 2.28. The number of amides is 2. The molecule has 2 aliphatic rings. The van der Waals surface area contributed by atoms with Gasteiger partial charge in [-0.25, -0.2) is 4.98 Å². The lowest BCUT2D eigenvalue weighted by molar-refractivity contribution is -0.121. The third kappa shape index (κ3) is 5.60. The van der Waals surface area contributed by atoms with Gasteiger partial charge in [0, 0.05) is 60.9 Å². The minimum absolute atomic E-state index is 0.0201. The summed E-state index contributed by atoms with van der Waals surface area (Å²) in [5.41, 5.74) is 4.73.